The number of aryl methyl sites for hydroxylation is 1. The summed E-state index contributed by atoms with van der Waals surface area (Å²) in [7, 11) is -0.683. The first-order chi connectivity index (χ1) is 9.19. The molecule has 2 fully saturated rings. The molecule has 104 valence electrons. The van der Waals surface area contributed by atoms with Gasteiger partial charge in [-0.2, -0.15) is 5.10 Å². The average Bonchev–Trinajstić information content (AvgIpc) is 2.91. The number of carbonyl (C=O) groups is 1. The summed E-state index contributed by atoms with van der Waals surface area (Å²) in [6.07, 6.45) is 8.25. The van der Waals surface area contributed by atoms with E-state index in [2.05, 4.69) is 12.0 Å². The van der Waals surface area contributed by atoms with Gasteiger partial charge in [0.15, 0.2) is 5.78 Å². The molecule has 2 saturated heterocycles. The highest BCUT2D eigenvalue weighted by atomic mass is 32.2. The number of hydrogen-bond donors (Lipinski definition) is 0. The van der Waals surface area contributed by atoms with Gasteiger partial charge < -0.3 is 0 Å². The van der Waals surface area contributed by atoms with Gasteiger partial charge in [-0.15, -0.1) is 0 Å². The van der Waals surface area contributed by atoms with E-state index in [1.807, 2.05) is 10.9 Å². The number of hydrogen-bond acceptors (Lipinski definition) is 3. The average molecular weight is 280 g/mol. The molecular weight excluding hydrogens is 260 g/mol. The molecule has 0 N–H and O–H groups in total. The molecule has 0 aliphatic carbocycles. The van der Waals surface area contributed by atoms with Crippen LogP contribution in [0.1, 0.15) is 49.4 Å². The Labute approximate surface area is 116 Å². The largest absolute Gasteiger partial charge is 0.294 e. The van der Waals surface area contributed by atoms with Crippen LogP contribution in [0.15, 0.2) is 12.4 Å². The third-order valence-electron chi connectivity index (χ3n) is 4.30. The topological polar surface area (TPSA) is 52.0 Å². The maximum Gasteiger partial charge on any atom is 0.169 e. The maximum absolute atomic E-state index is 12.5. The molecule has 5 heteroatoms. The fraction of sp³-hybridized carbons (Fsp3) is 0.714. The first-order valence-electron chi connectivity index (χ1n) is 7.15. The molecule has 2 bridgehead atoms. The summed E-state index contributed by atoms with van der Waals surface area (Å²) in [6, 6.07) is 0. The zero-order valence-corrected chi connectivity index (χ0v) is 12.1. The van der Waals surface area contributed by atoms with Crippen molar-refractivity contribution in [3.63, 3.8) is 0 Å². The van der Waals surface area contributed by atoms with Crippen molar-refractivity contribution in [2.24, 2.45) is 5.92 Å². The Morgan fingerprint density at radius 1 is 1.42 bits per heavy atom. The molecule has 0 aromatic carbocycles. The lowest BCUT2D eigenvalue weighted by atomic mass is 9.92. The fourth-order valence-electron chi connectivity index (χ4n) is 3.32. The zero-order valence-electron chi connectivity index (χ0n) is 11.2. The van der Waals surface area contributed by atoms with Gasteiger partial charge in [-0.25, -0.2) is 0 Å². The molecule has 2 aliphatic rings. The van der Waals surface area contributed by atoms with Crippen LogP contribution in [-0.4, -0.2) is 30.3 Å². The van der Waals surface area contributed by atoms with Gasteiger partial charge in [-0.05, 0) is 32.1 Å². The highest BCUT2D eigenvalue weighted by molar-refractivity contribution is 7.86. The minimum absolute atomic E-state index is 0.0643. The number of Topliss-reactive ketones (excluding diaryl/α,β-unsaturated/α-hetero) is 1. The SMILES string of the molecule is CCCn1cc(C(=O)C2CC3CCC(C2)S3=O)cn1. The smallest absolute Gasteiger partial charge is 0.169 e. The van der Waals surface area contributed by atoms with Crippen molar-refractivity contribution in [1.29, 1.82) is 0 Å². The van der Waals surface area contributed by atoms with Crippen LogP contribution in [-0.2, 0) is 17.3 Å². The second kappa shape index (κ2) is 5.19. The molecule has 2 unspecified atom stereocenters. The van der Waals surface area contributed by atoms with E-state index in [0.717, 1.165) is 44.2 Å². The van der Waals surface area contributed by atoms with E-state index >= 15 is 0 Å². The summed E-state index contributed by atoms with van der Waals surface area (Å²) >= 11 is 0. The molecule has 1 aromatic heterocycles. The fourth-order valence-corrected chi connectivity index (χ4v) is 5.45. The molecule has 4 nitrogen and oxygen atoms in total. The van der Waals surface area contributed by atoms with E-state index in [9.17, 15) is 9.00 Å². The first kappa shape index (κ1) is 13.0. The Morgan fingerprint density at radius 2 is 2.11 bits per heavy atom. The molecule has 3 rings (SSSR count). The monoisotopic (exact) mass is 280 g/mol. The highest BCUT2D eigenvalue weighted by Gasteiger charge is 2.42. The minimum atomic E-state index is -0.683. The standard InChI is InChI=1S/C14H20N2O2S/c1-2-5-16-9-11(8-15-16)14(17)10-6-12-3-4-13(7-10)19(12)18/h8-10,12-13H,2-7H2,1H3. The first-order valence-corrected chi connectivity index (χ1v) is 8.42. The molecule has 0 amide bonds. The van der Waals surface area contributed by atoms with Crippen molar-refractivity contribution in [2.45, 2.75) is 56.1 Å². The predicted octanol–water partition coefficient (Wildman–Crippen LogP) is 2.17. The van der Waals surface area contributed by atoms with E-state index in [0.29, 0.717) is 0 Å². The third kappa shape index (κ3) is 2.40. The van der Waals surface area contributed by atoms with Gasteiger partial charge in [0.25, 0.3) is 0 Å². The molecule has 2 atom stereocenters. The molecule has 3 heterocycles. The van der Waals surface area contributed by atoms with E-state index in [-0.39, 0.29) is 22.2 Å². The van der Waals surface area contributed by atoms with Gasteiger partial charge in [0.1, 0.15) is 0 Å². The Hall–Kier alpha value is -0.970. The van der Waals surface area contributed by atoms with Crippen molar-refractivity contribution >= 4 is 16.6 Å². The van der Waals surface area contributed by atoms with Crippen LogP contribution < -0.4 is 0 Å². The Kier molecular flexibility index (Phi) is 3.56. The van der Waals surface area contributed by atoms with Crippen LogP contribution in [0.5, 0.6) is 0 Å². The van der Waals surface area contributed by atoms with E-state index in [1.165, 1.54) is 0 Å². The van der Waals surface area contributed by atoms with Gasteiger partial charge in [0, 0.05) is 40.0 Å². The van der Waals surface area contributed by atoms with Crippen LogP contribution in [0.25, 0.3) is 0 Å². The van der Waals surface area contributed by atoms with Gasteiger partial charge in [-0.1, -0.05) is 6.92 Å². The number of nitrogens with zero attached hydrogens (tertiary/aromatic N) is 2. The maximum atomic E-state index is 12.5. The second-order valence-electron chi connectivity index (χ2n) is 5.67. The molecule has 1 aromatic rings. The van der Waals surface area contributed by atoms with Crippen LogP contribution in [0.4, 0.5) is 0 Å². The van der Waals surface area contributed by atoms with Crippen LogP contribution in [0, 0.1) is 5.92 Å². The molecular formula is C14H20N2O2S. The summed E-state index contributed by atoms with van der Waals surface area (Å²) in [4.78, 5) is 12.5. The summed E-state index contributed by atoms with van der Waals surface area (Å²) in [6.45, 7) is 2.95. The Balaban J connectivity index is 1.72. The summed E-state index contributed by atoms with van der Waals surface area (Å²) in [5, 5.41) is 4.75. The predicted molar refractivity (Wildman–Crippen MR) is 74.5 cm³/mol. The number of ketones is 1. The summed E-state index contributed by atoms with van der Waals surface area (Å²) in [5.41, 5.74) is 0.727. The number of carbonyl (C=O) groups excluding carboxylic acids is 1. The molecule has 19 heavy (non-hydrogen) atoms. The third-order valence-corrected chi connectivity index (χ3v) is 6.47. The molecule has 0 saturated carbocycles. The van der Waals surface area contributed by atoms with Crippen molar-refractivity contribution in [3.8, 4) is 0 Å². The Morgan fingerprint density at radius 3 is 2.74 bits per heavy atom. The van der Waals surface area contributed by atoms with Crippen LogP contribution >= 0.6 is 0 Å². The van der Waals surface area contributed by atoms with Gasteiger partial charge in [0.05, 0.1) is 11.8 Å². The van der Waals surface area contributed by atoms with Crippen molar-refractivity contribution in [3.05, 3.63) is 18.0 Å². The second-order valence-corrected chi connectivity index (χ2v) is 7.66. The lowest BCUT2D eigenvalue weighted by molar-refractivity contribution is 0.0906. The zero-order chi connectivity index (χ0) is 13.4. The highest BCUT2D eigenvalue weighted by Crippen LogP contribution is 2.39. The van der Waals surface area contributed by atoms with E-state index < -0.39 is 10.8 Å². The van der Waals surface area contributed by atoms with Crippen molar-refractivity contribution < 1.29 is 9.00 Å². The van der Waals surface area contributed by atoms with Gasteiger partial charge >= 0.3 is 0 Å². The van der Waals surface area contributed by atoms with Gasteiger partial charge in [0.2, 0.25) is 0 Å². The summed E-state index contributed by atoms with van der Waals surface area (Å²) in [5.74, 6) is 0.269. The molecule has 0 spiro atoms. The van der Waals surface area contributed by atoms with Crippen molar-refractivity contribution in [1.82, 2.24) is 9.78 Å². The van der Waals surface area contributed by atoms with E-state index in [1.54, 1.807) is 6.20 Å². The quantitative estimate of drug-likeness (QED) is 0.794. The minimum Gasteiger partial charge on any atom is -0.294 e. The molecule has 0 radical (unpaired) electrons. The van der Waals surface area contributed by atoms with Gasteiger partial charge in [-0.3, -0.25) is 13.7 Å². The lowest BCUT2D eigenvalue weighted by Gasteiger charge is -2.25. The lowest BCUT2D eigenvalue weighted by Crippen LogP contribution is -2.32. The van der Waals surface area contributed by atoms with Crippen molar-refractivity contribution in [2.75, 3.05) is 0 Å². The normalized spacial score (nSPS) is 33.5. The Bertz CT molecular complexity index is 495. The molecule has 2 aliphatic heterocycles. The summed E-state index contributed by atoms with van der Waals surface area (Å²) < 4.78 is 13.8. The van der Waals surface area contributed by atoms with Crippen LogP contribution in [0.2, 0.25) is 0 Å². The van der Waals surface area contributed by atoms with Crippen LogP contribution in [0.3, 0.4) is 0 Å². The number of rotatable bonds is 4. The van der Waals surface area contributed by atoms with E-state index in [4.69, 9.17) is 0 Å². The number of fused-ring (bicyclic) bond motifs is 2. The number of aromatic nitrogens is 2.